The van der Waals surface area contributed by atoms with E-state index in [1.807, 2.05) is 0 Å². The molecule has 0 spiro atoms. The molecule has 1 aromatic carbocycles. The molecule has 0 aromatic heterocycles. The van der Waals surface area contributed by atoms with E-state index in [9.17, 15) is 13.6 Å². The SMILES string of the molecule is Cl.NC1CCN(C(=O)COc2ccc(F)cc2F)CC1. The number of halogens is 3. The molecule has 0 bridgehead atoms. The van der Waals surface area contributed by atoms with Crippen LogP contribution in [0.25, 0.3) is 0 Å². The molecule has 1 amide bonds. The molecule has 2 N–H and O–H groups in total. The van der Waals surface area contributed by atoms with E-state index in [2.05, 4.69) is 0 Å². The molecule has 1 saturated heterocycles. The second-order valence-electron chi connectivity index (χ2n) is 4.58. The first-order valence-corrected chi connectivity index (χ1v) is 6.17. The van der Waals surface area contributed by atoms with Crippen LogP contribution in [0.4, 0.5) is 8.78 Å². The summed E-state index contributed by atoms with van der Waals surface area (Å²) >= 11 is 0. The molecule has 0 radical (unpaired) electrons. The van der Waals surface area contributed by atoms with Gasteiger partial charge in [0, 0.05) is 25.2 Å². The second-order valence-corrected chi connectivity index (χ2v) is 4.58. The number of ether oxygens (including phenoxy) is 1. The van der Waals surface area contributed by atoms with E-state index in [0.29, 0.717) is 13.1 Å². The molecule has 0 saturated carbocycles. The van der Waals surface area contributed by atoms with E-state index < -0.39 is 11.6 Å². The van der Waals surface area contributed by atoms with Crippen molar-refractivity contribution in [3.63, 3.8) is 0 Å². The number of nitrogens with two attached hydrogens (primary N) is 1. The minimum atomic E-state index is -0.812. The van der Waals surface area contributed by atoms with Gasteiger partial charge in [-0.05, 0) is 25.0 Å². The molecule has 2 rings (SSSR count). The van der Waals surface area contributed by atoms with Crippen LogP contribution in [0, 0.1) is 11.6 Å². The van der Waals surface area contributed by atoms with Crippen LogP contribution < -0.4 is 10.5 Å². The predicted octanol–water partition coefficient (Wildman–Crippen LogP) is 1.72. The average Bonchev–Trinajstić information content (AvgIpc) is 2.38. The van der Waals surface area contributed by atoms with Crippen molar-refractivity contribution in [2.24, 2.45) is 5.73 Å². The normalized spacial score (nSPS) is 15.7. The number of amides is 1. The number of hydrogen-bond donors (Lipinski definition) is 1. The maximum atomic E-state index is 13.3. The Morgan fingerprint density at radius 1 is 1.35 bits per heavy atom. The lowest BCUT2D eigenvalue weighted by Gasteiger charge is -2.30. The standard InChI is InChI=1S/C13H16F2N2O2.ClH/c14-9-1-2-12(11(15)7-9)19-8-13(18)17-5-3-10(16)4-6-17;/h1-2,7,10H,3-6,8,16H2;1H. The average molecular weight is 307 g/mol. The molecule has 4 nitrogen and oxygen atoms in total. The number of hydrogen-bond acceptors (Lipinski definition) is 3. The van der Waals surface area contributed by atoms with Crippen LogP contribution in [-0.4, -0.2) is 36.5 Å². The van der Waals surface area contributed by atoms with Crippen molar-refractivity contribution >= 4 is 18.3 Å². The number of carbonyl (C=O) groups is 1. The van der Waals surface area contributed by atoms with Gasteiger partial charge in [-0.15, -0.1) is 12.4 Å². The van der Waals surface area contributed by atoms with Crippen molar-refractivity contribution in [3.8, 4) is 5.75 Å². The summed E-state index contributed by atoms with van der Waals surface area (Å²) in [5.74, 6) is -1.83. The fourth-order valence-corrected chi connectivity index (χ4v) is 1.97. The van der Waals surface area contributed by atoms with Gasteiger partial charge >= 0.3 is 0 Å². The summed E-state index contributed by atoms with van der Waals surface area (Å²) in [5.41, 5.74) is 5.74. The number of likely N-dealkylation sites (tertiary alicyclic amines) is 1. The van der Waals surface area contributed by atoms with E-state index in [1.165, 1.54) is 6.07 Å². The van der Waals surface area contributed by atoms with E-state index in [-0.39, 0.29) is 36.7 Å². The van der Waals surface area contributed by atoms with Crippen molar-refractivity contribution < 1.29 is 18.3 Å². The van der Waals surface area contributed by atoms with E-state index in [1.54, 1.807) is 4.90 Å². The van der Waals surface area contributed by atoms with Crippen molar-refractivity contribution in [2.45, 2.75) is 18.9 Å². The van der Waals surface area contributed by atoms with Gasteiger partial charge in [-0.1, -0.05) is 0 Å². The molecular weight excluding hydrogens is 290 g/mol. The van der Waals surface area contributed by atoms with Crippen molar-refractivity contribution in [2.75, 3.05) is 19.7 Å². The van der Waals surface area contributed by atoms with Crippen LogP contribution in [0.3, 0.4) is 0 Å². The Bertz CT molecular complexity index is 466. The molecule has 1 fully saturated rings. The van der Waals surface area contributed by atoms with Gasteiger partial charge in [0.25, 0.3) is 5.91 Å². The topological polar surface area (TPSA) is 55.6 Å². The third-order valence-electron chi connectivity index (χ3n) is 3.14. The summed E-state index contributed by atoms with van der Waals surface area (Å²) in [6.45, 7) is 0.933. The number of rotatable bonds is 3. The van der Waals surface area contributed by atoms with Crippen LogP contribution in [0.15, 0.2) is 18.2 Å². The van der Waals surface area contributed by atoms with Gasteiger partial charge in [0.05, 0.1) is 0 Å². The van der Waals surface area contributed by atoms with Gasteiger partial charge in [-0.2, -0.15) is 0 Å². The third kappa shape index (κ3) is 4.31. The van der Waals surface area contributed by atoms with E-state index in [0.717, 1.165) is 25.0 Å². The minimum absolute atomic E-state index is 0. The first kappa shape index (κ1) is 16.7. The summed E-state index contributed by atoms with van der Waals surface area (Å²) in [7, 11) is 0. The Kier molecular flexibility index (Phi) is 6.16. The summed E-state index contributed by atoms with van der Waals surface area (Å²) in [5, 5.41) is 0. The number of nitrogens with zero attached hydrogens (tertiary/aromatic N) is 1. The molecule has 0 unspecified atom stereocenters. The Labute approximate surface area is 122 Å². The van der Waals surface area contributed by atoms with Gasteiger partial charge < -0.3 is 15.4 Å². The largest absolute Gasteiger partial charge is 0.481 e. The van der Waals surface area contributed by atoms with Gasteiger partial charge in [-0.3, -0.25) is 4.79 Å². The smallest absolute Gasteiger partial charge is 0.260 e. The molecule has 0 aliphatic carbocycles. The maximum absolute atomic E-state index is 13.3. The first-order chi connectivity index (χ1) is 9.06. The Morgan fingerprint density at radius 2 is 2.00 bits per heavy atom. The highest BCUT2D eigenvalue weighted by Gasteiger charge is 2.21. The van der Waals surface area contributed by atoms with Crippen LogP contribution in [0.5, 0.6) is 5.75 Å². The second kappa shape index (κ2) is 7.40. The van der Waals surface area contributed by atoms with E-state index >= 15 is 0 Å². The van der Waals surface area contributed by atoms with Crippen LogP contribution >= 0.6 is 12.4 Å². The molecule has 7 heteroatoms. The number of benzene rings is 1. The molecule has 1 heterocycles. The summed E-state index contributed by atoms with van der Waals surface area (Å²) in [6, 6.07) is 3.12. The first-order valence-electron chi connectivity index (χ1n) is 6.17. The molecular formula is C13H17ClF2N2O2. The minimum Gasteiger partial charge on any atom is -0.481 e. The molecule has 0 atom stereocenters. The third-order valence-corrected chi connectivity index (χ3v) is 3.14. The Hall–Kier alpha value is -1.40. The Morgan fingerprint density at radius 3 is 2.60 bits per heavy atom. The lowest BCUT2D eigenvalue weighted by molar-refractivity contribution is -0.134. The van der Waals surface area contributed by atoms with Crippen molar-refractivity contribution in [3.05, 3.63) is 29.8 Å². The zero-order valence-corrected chi connectivity index (χ0v) is 11.7. The van der Waals surface area contributed by atoms with Crippen molar-refractivity contribution in [1.82, 2.24) is 4.90 Å². The number of piperidine rings is 1. The molecule has 1 aliphatic rings. The van der Waals surface area contributed by atoms with Gasteiger partial charge in [0.1, 0.15) is 5.82 Å². The lowest BCUT2D eigenvalue weighted by Crippen LogP contribution is -2.44. The molecule has 1 aliphatic heterocycles. The van der Waals surface area contributed by atoms with Gasteiger partial charge in [0.15, 0.2) is 18.2 Å². The van der Waals surface area contributed by atoms with Crippen LogP contribution in [0.2, 0.25) is 0 Å². The molecule has 1 aromatic rings. The highest BCUT2D eigenvalue weighted by Crippen LogP contribution is 2.18. The summed E-state index contributed by atoms with van der Waals surface area (Å²) in [4.78, 5) is 13.5. The number of carbonyl (C=O) groups excluding carboxylic acids is 1. The fraction of sp³-hybridized carbons (Fsp3) is 0.462. The van der Waals surface area contributed by atoms with E-state index in [4.69, 9.17) is 10.5 Å². The van der Waals surface area contributed by atoms with Crippen LogP contribution in [0.1, 0.15) is 12.8 Å². The summed E-state index contributed by atoms with van der Waals surface area (Å²) < 4.78 is 31.0. The quantitative estimate of drug-likeness (QED) is 0.925. The summed E-state index contributed by atoms with van der Waals surface area (Å²) in [6.07, 6.45) is 1.52. The fourth-order valence-electron chi connectivity index (χ4n) is 1.97. The van der Waals surface area contributed by atoms with Crippen LogP contribution in [-0.2, 0) is 4.79 Å². The monoisotopic (exact) mass is 306 g/mol. The predicted molar refractivity (Wildman–Crippen MR) is 72.9 cm³/mol. The highest BCUT2D eigenvalue weighted by molar-refractivity contribution is 5.85. The van der Waals surface area contributed by atoms with Gasteiger partial charge in [0.2, 0.25) is 0 Å². The zero-order chi connectivity index (χ0) is 13.8. The van der Waals surface area contributed by atoms with Gasteiger partial charge in [-0.25, -0.2) is 8.78 Å². The molecule has 20 heavy (non-hydrogen) atoms. The molecule has 112 valence electrons. The zero-order valence-electron chi connectivity index (χ0n) is 10.9. The highest BCUT2D eigenvalue weighted by atomic mass is 35.5. The van der Waals surface area contributed by atoms with Crippen molar-refractivity contribution in [1.29, 1.82) is 0 Å². The lowest BCUT2D eigenvalue weighted by atomic mass is 10.1. The Balaban J connectivity index is 0.00000200. The maximum Gasteiger partial charge on any atom is 0.260 e.